The van der Waals surface area contributed by atoms with E-state index in [1.54, 1.807) is 7.05 Å². The molecule has 3 aromatic carbocycles. The van der Waals surface area contributed by atoms with Crippen LogP contribution >= 0.6 is 0 Å². The number of esters is 1. The van der Waals surface area contributed by atoms with E-state index in [1.807, 2.05) is 63.2 Å². The molecule has 202 valence electrons. The molecule has 1 aliphatic carbocycles. The number of fused-ring (bicyclic) bond motifs is 3. The first-order valence-electron chi connectivity index (χ1n) is 13.3. The fourth-order valence-corrected chi connectivity index (χ4v) is 5.16. The molecule has 0 radical (unpaired) electrons. The zero-order valence-electron chi connectivity index (χ0n) is 23.9. The second-order valence-corrected chi connectivity index (χ2v) is 16.8. The van der Waals surface area contributed by atoms with Crippen LogP contribution in [0.3, 0.4) is 0 Å². The Morgan fingerprint density at radius 2 is 1.51 bits per heavy atom. The molecule has 39 heavy (non-hydrogen) atoms. The van der Waals surface area contributed by atoms with Gasteiger partial charge in [-0.15, -0.1) is 5.54 Å². The Labute approximate surface area is 233 Å². The minimum atomic E-state index is -1.63. The molecular formula is C33H37NO4Si. The Morgan fingerprint density at radius 1 is 0.923 bits per heavy atom. The smallest absolute Gasteiger partial charge is 0.414 e. The maximum atomic E-state index is 13.3. The van der Waals surface area contributed by atoms with E-state index >= 15 is 0 Å². The highest BCUT2D eigenvalue weighted by Crippen LogP contribution is 2.44. The second-order valence-electron chi connectivity index (χ2n) is 12.0. The molecule has 0 aromatic heterocycles. The van der Waals surface area contributed by atoms with Gasteiger partial charge in [-0.25, -0.2) is 4.79 Å². The Morgan fingerprint density at radius 3 is 2.08 bits per heavy atom. The Bertz CT molecular complexity index is 1410. The van der Waals surface area contributed by atoms with E-state index in [4.69, 9.17) is 9.47 Å². The number of hydrogen-bond donors (Lipinski definition) is 0. The highest BCUT2D eigenvalue weighted by Gasteiger charge is 2.29. The van der Waals surface area contributed by atoms with Gasteiger partial charge in [0.1, 0.15) is 20.3 Å². The lowest BCUT2D eigenvalue weighted by Crippen LogP contribution is -2.29. The van der Waals surface area contributed by atoms with Gasteiger partial charge in [0, 0.05) is 24.2 Å². The average Bonchev–Trinajstić information content (AvgIpc) is 3.17. The molecule has 0 fully saturated rings. The predicted octanol–water partition coefficient (Wildman–Crippen LogP) is 7.19. The molecule has 3 aromatic rings. The summed E-state index contributed by atoms with van der Waals surface area (Å²) in [5.41, 5.74) is 9.60. The van der Waals surface area contributed by atoms with Crippen LogP contribution in [0, 0.1) is 11.5 Å². The van der Waals surface area contributed by atoms with Gasteiger partial charge in [-0.2, -0.15) is 0 Å². The third kappa shape index (κ3) is 7.19. The van der Waals surface area contributed by atoms with Gasteiger partial charge in [-0.05, 0) is 66.8 Å². The number of ether oxygens (including phenoxy) is 2. The lowest BCUT2D eigenvalue weighted by atomic mass is 9.98. The number of carbonyl (C=O) groups is 2. The van der Waals surface area contributed by atoms with Crippen LogP contribution in [0.4, 0.5) is 10.5 Å². The molecule has 0 unspecified atom stereocenters. The van der Waals surface area contributed by atoms with E-state index in [1.165, 1.54) is 16.0 Å². The summed E-state index contributed by atoms with van der Waals surface area (Å²) in [5.74, 6) is 2.91. The molecule has 0 aliphatic heterocycles. The topological polar surface area (TPSA) is 55.8 Å². The first-order chi connectivity index (χ1) is 18.3. The number of hydrogen-bond acceptors (Lipinski definition) is 4. The molecule has 0 atom stereocenters. The number of nitrogens with zero attached hydrogens (tertiary/aromatic N) is 1. The van der Waals surface area contributed by atoms with Crippen molar-refractivity contribution in [3.8, 4) is 22.6 Å². The Hall–Kier alpha value is -3.82. The number of amides is 1. The minimum Gasteiger partial charge on any atom is -0.460 e. The van der Waals surface area contributed by atoms with Gasteiger partial charge in [0.15, 0.2) is 0 Å². The molecule has 0 heterocycles. The van der Waals surface area contributed by atoms with Gasteiger partial charge in [0.2, 0.25) is 0 Å². The average molecular weight is 540 g/mol. The van der Waals surface area contributed by atoms with E-state index in [-0.39, 0.29) is 24.9 Å². The van der Waals surface area contributed by atoms with Crippen molar-refractivity contribution in [1.82, 2.24) is 0 Å². The van der Waals surface area contributed by atoms with Gasteiger partial charge in [0.05, 0.1) is 6.42 Å². The molecule has 1 aliphatic rings. The van der Waals surface area contributed by atoms with Gasteiger partial charge < -0.3 is 9.47 Å². The lowest BCUT2D eigenvalue weighted by molar-refractivity contribution is -0.153. The van der Waals surface area contributed by atoms with Crippen molar-refractivity contribution in [3.05, 3.63) is 89.0 Å². The van der Waals surface area contributed by atoms with Crippen LogP contribution in [0.25, 0.3) is 11.1 Å². The summed E-state index contributed by atoms with van der Waals surface area (Å²) in [6.45, 7) is 12.3. The van der Waals surface area contributed by atoms with Crippen LogP contribution in [0.15, 0.2) is 66.7 Å². The lowest BCUT2D eigenvalue weighted by Gasteiger charge is -2.22. The molecule has 0 saturated heterocycles. The van der Waals surface area contributed by atoms with Crippen molar-refractivity contribution >= 4 is 25.8 Å². The van der Waals surface area contributed by atoms with Gasteiger partial charge in [-0.1, -0.05) is 74.1 Å². The monoisotopic (exact) mass is 539 g/mol. The van der Waals surface area contributed by atoms with Crippen molar-refractivity contribution in [3.63, 3.8) is 0 Å². The van der Waals surface area contributed by atoms with E-state index in [9.17, 15) is 9.59 Å². The normalized spacial score (nSPS) is 12.6. The van der Waals surface area contributed by atoms with Gasteiger partial charge in [-0.3, -0.25) is 9.69 Å². The Kier molecular flexibility index (Phi) is 8.03. The third-order valence-corrected chi connectivity index (χ3v) is 7.20. The van der Waals surface area contributed by atoms with Crippen molar-refractivity contribution < 1.29 is 19.1 Å². The zero-order chi connectivity index (χ0) is 28.4. The number of benzene rings is 3. The van der Waals surface area contributed by atoms with Crippen molar-refractivity contribution in [2.75, 3.05) is 18.6 Å². The minimum absolute atomic E-state index is 0.0218. The van der Waals surface area contributed by atoms with Crippen LogP contribution < -0.4 is 4.90 Å². The fourth-order valence-electron chi connectivity index (χ4n) is 4.64. The van der Waals surface area contributed by atoms with E-state index in [0.717, 1.165) is 22.3 Å². The standard InChI is InChI=1S/C33H37NO4Si/c1-33(2,3)38-31(35)21-24-18-23(16-17-39(5,6)7)19-25(20-24)34(4)32(36)37-22-30-28-14-10-8-12-26(28)27-13-9-11-15-29(27)30/h8-15,18-20,30H,21-22H2,1-7H3. The van der Waals surface area contributed by atoms with Crippen LogP contribution in [-0.2, 0) is 20.7 Å². The largest absolute Gasteiger partial charge is 0.460 e. The van der Waals surface area contributed by atoms with Gasteiger partial charge in [0.25, 0.3) is 0 Å². The van der Waals surface area contributed by atoms with Crippen LogP contribution in [0.1, 0.15) is 48.9 Å². The van der Waals surface area contributed by atoms with Crippen molar-refractivity contribution in [1.29, 1.82) is 0 Å². The molecule has 0 spiro atoms. The summed E-state index contributed by atoms with van der Waals surface area (Å²) in [5, 5.41) is 0. The number of carbonyl (C=O) groups excluding carboxylic acids is 2. The second kappa shape index (κ2) is 11.1. The SMILES string of the molecule is CN(C(=O)OCC1c2ccccc2-c2ccccc21)c1cc(C#C[Si](C)(C)C)cc(CC(=O)OC(C)(C)C)c1. The van der Waals surface area contributed by atoms with Gasteiger partial charge >= 0.3 is 12.1 Å². The molecule has 0 N–H and O–H groups in total. The molecule has 5 nitrogen and oxygen atoms in total. The predicted molar refractivity (Wildman–Crippen MR) is 160 cm³/mol. The van der Waals surface area contributed by atoms with Crippen LogP contribution in [0.2, 0.25) is 19.6 Å². The third-order valence-electron chi connectivity index (χ3n) is 6.33. The maximum absolute atomic E-state index is 13.3. The maximum Gasteiger partial charge on any atom is 0.414 e. The fraction of sp³-hybridized carbons (Fsp3) is 0.333. The summed E-state index contributed by atoms with van der Waals surface area (Å²) in [6.07, 6.45) is -0.374. The molecule has 6 heteroatoms. The Balaban J connectivity index is 1.56. The van der Waals surface area contributed by atoms with E-state index in [2.05, 4.69) is 55.4 Å². The molecule has 4 rings (SSSR count). The first kappa shape index (κ1) is 28.2. The summed E-state index contributed by atoms with van der Waals surface area (Å²) in [7, 11) is 0.0503. The highest BCUT2D eigenvalue weighted by atomic mass is 28.3. The van der Waals surface area contributed by atoms with E-state index in [0.29, 0.717) is 5.69 Å². The number of rotatable bonds is 5. The van der Waals surface area contributed by atoms with Crippen molar-refractivity contribution in [2.45, 2.75) is 58.4 Å². The number of anilines is 1. The van der Waals surface area contributed by atoms with Crippen molar-refractivity contribution in [2.24, 2.45) is 0 Å². The zero-order valence-corrected chi connectivity index (χ0v) is 24.9. The summed E-state index contributed by atoms with van der Waals surface area (Å²) >= 11 is 0. The first-order valence-corrected chi connectivity index (χ1v) is 16.8. The van der Waals surface area contributed by atoms with Crippen LogP contribution in [-0.4, -0.2) is 39.4 Å². The quantitative estimate of drug-likeness (QED) is 0.196. The molecule has 0 saturated carbocycles. The summed E-state index contributed by atoms with van der Waals surface area (Å²) < 4.78 is 11.4. The molecule has 1 amide bonds. The summed E-state index contributed by atoms with van der Waals surface area (Å²) in [6, 6.07) is 22.1. The van der Waals surface area contributed by atoms with Crippen LogP contribution in [0.5, 0.6) is 0 Å². The molecular weight excluding hydrogens is 502 g/mol. The highest BCUT2D eigenvalue weighted by molar-refractivity contribution is 6.83. The van der Waals surface area contributed by atoms with E-state index < -0.39 is 19.8 Å². The molecule has 0 bridgehead atoms. The summed E-state index contributed by atoms with van der Waals surface area (Å²) in [4.78, 5) is 27.3.